The van der Waals surface area contributed by atoms with Crippen LogP contribution in [0.5, 0.6) is 0 Å². The molecule has 0 radical (unpaired) electrons. The maximum Gasteiger partial charge on any atom is 0.275 e. The Bertz CT molecular complexity index is 2130. The van der Waals surface area contributed by atoms with Gasteiger partial charge in [0.2, 0.25) is 0 Å². The molecule has 7 rings (SSSR count). The van der Waals surface area contributed by atoms with Crippen molar-refractivity contribution in [3.8, 4) is 22.4 Å². The van der Waals surface area contributed by atoms with E-state index in [2.05, 4.69) is 6.07 Å². The van der Waals surface area contributed by atoms with Gasteiger partial charge in [-0.3, -0.25) is 9.69 Å². The van der Waals surface area contributed by atoms with Crippen LogP contribution in [0.1, 0.15) is 9.67 Å². The smallest absolute Gasteiger partial charge is 0.275 e. The lowest BCUT2D eigenvalue weighted by Gasteiger charge is -2.23. The number of nitrogens with zero attached hydrogens (tertiary/aromatic N) is 2. The predicted molar refractivity (Wildman–Crippen MR) is 182 cm³/mol. The number of para-hydroxylation sites is 1. The Hall–Kier alpha value is -4.68. The van der Waals surface area contributed by atoms with Gasteiger partial charge >= 0.3 is 0 Å². The number of nitrogens with two attached hydrogens (primary N) is 1. The van der Waals surface area contributed by atoms with Crippen LogP contribution in [0.2, 0.25) is 10.0 Å². The second-order valence-electron chi connectivity index (χ2n) is 10.1. The van der Waals surface area contributed by atoms with Crippen molar-refractivity contribution in [1.29, 1.82) is 0 Å². The molecule has 0 aliphatic rings. The summed E-state index contributed by atoms with van der Waals surface area (Å²) in [6, 6.07) is 40.9. The summed E-state index contributed by atoms with van der Waals surface area (Å²) >= 11 is 13.7. The monoisotopic (exact) mass is 615 g/mol. The molecule has 0 atom stereocenters. The molecule has 0 saturated carbocycles. The number of nitrogen functional groups attached to an aromatic ring is 1. The molecule has 0 aliphatic heterocycles. The summed E-state index contributed by atoms with van der Waals surface area (Å²) in [5.41, 5.74) is 12.2. The number of aromatic nitrogens is 1. The summed E-state index contributed by atoms with van der Waals surface area (Å²) in [7, 11) is 0. The minimum Gasteiger partial charge on any atom is -0.397 e. The molecule has 0 aliphatic carbocycles. The molecule has 208 valence electrons. The van der Waals surface area contributed by atoms with E-state index in [0.717, 1.165) is 49.9 Å². The van der Waals surface area contributed by atoms with Gasteiger partial charge in [-0.1, -0.05) is 96.0 Å². The molecule has 2 heterocycles. The fourth-order valence-electron chi connectivity index (χ4n) is 5.28. The molecule has 0 spiro atoms. The minimum atomic E-state index is -0.225. The third kappa shape index (κ3) is 5.12. The first-order valence-electron chi connectivity index (χ1n) is 13.6. The normalized spacial score (nSPS) is 11.2. The number of rotatable bonds is 5. The standard InChI is InChI=1S/C36H23Cl2N3OS/c37-26-15-10-23(11-16-26)30-21-31(24-12-17-27(38)18-13-24)40-35-32(30)33(39)34(43-35)36(42)41(28-8-2-1-3-9-28)29-19-14-22-6-4-5-7-25(22)20-29/h1-21H,39H2. The first kappa shape index (κ1) is 27.2. The van der Waals surface area contributed by atoms with Crippen molar-refractivity contribution in [3.63, 3.8) is 0 Å². The number of hydrogen-bond acceptors (Lipinski definition) is 4. The number of halogens is 2. The lowest BCUT2D eigenvalue weighted by Crippen LogP contribution is -2.25. The Morgan fingerprint density at radius 3 is 2.00 bits per heavy atom. The fraction of sp³-hybridized carbons (Fsp3) is 0. The van der Waals surface area contributed by atoms with Crippen LogP contribution in [0.4, 0.5) is 17.1 Å². The second-order valence-corrected chi connectivity index (χ2v) is 12.0. The summed E-state index contributed by atoms with van der Waals surface area (Å²) in [5, 5.41) is 4.15. The zero-order chi connectivity index (χ0) is 29.5. The van der Waals surface area contributed by atoms with Crippen LogP contribution in [0.25, 0.3) is 43.4 Å². The van der Waals surface area contributed by atoms with Crippen LogP contribution in [-0.4, -0.2) is 10.9 Å². The van der Waals surface area contributed by atoms with Gasteiger partial charge in [-0.05, 0) is 76.5 Å². The quantitative estimate of drug-likeness (QED) is 0.209. The maximum absolute atomic E-state index is 14.6. The van der Waals surface area contributed by atoms with E-state index >= 15 is 0 Å². The van der Waals surface area contributed by atoms with Crippen molar-refractivity contribution < 1.29 is 4.79 Å². The van der Waals surface area contributed by atoms with Gasteiger partial charge in [-0.2, -0.15) is 0 Å². The molecular formula is C36H23Cl2N3OS. The molecule has 0 fully saturated rings. The lowest BCUT2D eigenvalue weighted by molar-refractivity contribution is 0.100. The van der Waals surface area contributed by atoms with Gasteiger partial charge in [0, 0.05) is 32.4 Å². The van der Waals surface area contributed by atoms with Gasteiger partial charge < -0.3 is 5.73 Å². The van der Waals surface area contributed by atoms with E-state index in [0.29, 0.717) is 25.4 Å². The largest absolute Gasteiger partial charge is 0.397 e. The van der Waals surface area contributed by atoms with E-state index in [1.807, 2.05) is 121 Å². The highest BCUT2D eigenvalue weighted by atomic mass is 35.5. The Morgan fingerprint density at radius 2 is 1.30 bits per heavy atom. The van der Waals surface area contributed by atoms with Gasteiger partial charge in [-0.15, -0.1) is 11.3 Å². The van der Waals surface area contributed by atoms with Crippen molar-refractivity contribution in [2.24, 2.45) is 0 Å². The van der Waals surface area contributed by atoms with Gasteiger partial charge in [0.05, 0.1) is 11.4 Å². The van der Waals surface area contributed by atoms with Crippen LogP contribution >= 0.6 is 34.5 Å². The summed E-state index contributed by atoms with van der Waals surface area (Å²) in [6.45, 7) is 0. The van der Waals surface area contributed by atoms with Crippen molar-refractivity contribution in [2.45, 2.75) is 0 Å². The molecule has 0 unspecified atom stereocenters. The van der Waals surface area contributed by atoms with Crippen LogP contribution < -0.4 is 10.6 Å². The zero-order valence-electron chi connectivity index (χ0n) is 22.7. The van der Waals surface area contributed by atoms with Gasteiger partial charge in [0.25, 0.3) is 5.91 Å². The van der Waals surface area contributed by atoms with E-state index in [1.54, 1.807) is 4.90 Å². The van der Waals surface area contributed by atoms with E-state index in [1.165, 1.54) is 11.3 Å². The number of anilines is 3. The van der Waals surface area contributed by atoms with E-state index in [-0.39, 0.29) is 5.91 Å². The van der Waals surface area contributed by atoms with Gasteiger partial charge in [0.15, 0.2) is 0 Å². The Balaban J connectivity index is 1.43. The van der Waals surface area contributed by atoms with Crippen molar-refractivity contribution >= 4 is 78.5 Å². The Morgan fingerprint density at radius 1 is 0.674 bits per heavy atom. The number of amides is 1. The third-order valence-corrected chi connectivity index (χ3v) is 8.99. The van der Waals surface area contributed by atoms with Crippen molar-refractivity contribution in [2.75, 3.05) is 10.6 Å². The Labute approximate surface area is 262 Å². The summed E-state index contributed by atoms with van der Waals surface area (Å²) < 4.78 is 0. The Kier molecular flexibility index (Phi) is 7.07. The highest BCUT2D eigenvalue weighted by Crippen LogP contribution is 2.43. The molecule has 1 amide bonds. The summed E-state index contributed by atoms with van der Waals surface area (Å²) in [6.07, 6.45) is 0. The van der Waals surface area contributed by atoms with Gasteiger partial charge in [0.1, 0.15) is 9.71 Å². The SMILES string of the molecule is Nc1c(C(=O)N(c2ccccc2)c2ccc3ccccc3c2)sc2nc(-c3ccc(Cl)cc3)cc(-c3ccc(Cl)cc3)c12. The number of carbonyl (C=O) groups excluding carboxylic acids is 1. The number of carbonyl (C=O) groups is 1. The highest BCUT2D eigenvalue weighted by Gasteiger charge is 2.27. The van der Waals surface area contributed by atoms with E-state index in [4.69, 9.17) is 33.9 Å². The topological polar surface area (TPSA) is 59.2 Å². The molecule has 43 heavy (non-hydrogen) atoms. The number of hydrogen-bond donors (Lipinski definition) is 1. The molecule has 0 bridgehead atoms. The van der Waals surface area contributed by atoms with Crippen LogP contribution in [-0.2, 0) is 0 Å². The molecular weight excluding hydrogens is 593 g/mol. The zero-order valence-corrected chi connectivity index (χ0v) is 25.0. The number of pyridine rings is 1. The molecule has 7 aromatic rings. The summed E-state index contributed by atoms with van der Waals surface area (Å²) in [4.78, 5) is 22.3. The number of benzene rings is 5. The number of fused-ring (bicyclic) bond motifs is 2. The molecule has 2 aromatic heterocycles. The summed E-state index contributed by atoms with van der Waals surface area (Å²) in [5.74, 6) is -0.225. The molecule has 2 N–H and O–H groups in total. The second kappa shape index (κ2) is 11.2. The van der Waals surface area contributed by atoms with Crippen LogP contribution in [0, 0.1) is 0 Å². The van der Waals surface area contributed by atoms with E-state index < -0.39 is 0 Å². The molecule has 4 nitrogen and oxygen atoms in total. The van der Waals surface area contributed by atoms with Crippen molar-refractivity contribution in [1.82, 2.24) is 4.98 Å². The molecule has 7 heteroatoms. The fourth-order valence-corrected chi connectivity index (χ4v) is 6.59. The third-order valence-electron chi connectivity index (χ3n) is 7.40. The first-order chi connectivity index (χ1) is 21.0. The average molecular weight is 617 g/mol. The predicted octanol–water partition coefficient (Wildman–Crippen LogP) is 10.7. The van der Waals surface area contributed by atoms with Crippen LogP contribution in [0.3, 0.4) is 0 Å². The molecule has 5 aromatic carbocycles. The van der Waals surface area contributed by atoms with Gasteiger partial charge in [-0.25, -0.2) is 4.98 Å². The van der Waals surface area contributed by atoms with Crippen LogP contribution in [0.15, 0.2) is 127 Å². The average Bonchev–Trinajstić information content (AvgIpc) is 3.38. The van der Waals surface area contributed by atoms with Crippen molar-refractivity contribution in [3.05, 3.63) is 142 Å². The molecule has 0 saturated heterocycles. The lowest BCUT2D eigenvalue weighted by atomic mass is 9.99. The minimum absolute atomic E-state index is 0.225. The number of thiophene rings is 1. The highest BCUT2D eigenvalue weighted by molar-refractivity contribution is 7.21. The van der Waals surface area contributed by atoms with E-state index in [9.17, 15) is 4.79 Å². The first-order valence-corrected chi connectivity index (χ1v) is 15.2. The maximum atomic E-state index is 14.6.